The van der Waals surface area contributed by atoms with Crippen LogP contribution in [0.15, 0.2) is 6.20 Å². The van der Waals surface area contributed by atoms with Gasteiger partial charge in [0.1, 0.15) is 11.3 Å². The Balaban J connectivity index is 2.41. The molecule has 0 radical (unpaired) electrons. The van der Waals surface area contributed by atoms with Gasteiger partial charge < -0.3 is 4.74 Å². The van der Waals surface area contributed by atoms with Crippen LogP contribution in [0.2, 0.25) is 0 Å². The summed E-state index contributed by atoms with van der Waals surface area (Å²) in [5, 5.41) is 0. The van der Waals surface area contributed by atoms with E-state index < -0.39 is 12.0 Å². The molecule has 0 aromatic carbocycles. The zero-order valence-electron chi connectivity index (χ0n) is 10.8. The number of ether oxygens (including phenoxy) is 1. The molecule has 1 fully saturated rings. The van der Waals surface area contributed by atoms with Crippen molar-refractivity contribution in [1.82, 2.24) is 9.97 Å². The van der Waals surface area contributed by atoms with E-state index in [9.17, 15) is 8.78 Å². The quantitative estimate of drug-likeness (QED) is 0.770. The SMILES string of the molecule is CCOC1(c2ncc(CCl)c(C(F)F)n2)CCCC1. The minimum atomic E-state index is -2.64. The van der Waals surface area contributed by atoms with E-state index in [1.54, 1.807) is 0 Å². The van der Waals surface area contributed by atoms with Gasteiger partial charge in [0.05, 0.1) is 5.88 Å². The summed E-state index contributed by atoms with van der Waals surface area (Å²) in [5.74, 6) is 0.359. The third-order valence-electron chi connectivity index (χ3n) is 3.49. The Hall–Kier alpha value is -0.810. The summed E-state index contributed by atoms with van der Waals surface area (Å²) < 4.78 is 31.8. The molecule has 0 unspecified atom stereocenters. The van der Waals surface area contributed by atoms with E-state index in [0.29, 0.717) is 12.4 Å². The fourth-order valence-electron chi connectivity index (χ4n) is 2.59. The van der Waals surface area contributed by atoms with Gasteiger partial charge in [-0.25, -0.2) is 18.7 Å². The fraction of sp³-hybridized carbons (Fsp3) is 0.692. The number of hydrogen-bond acceptors (Lipinski definition) is 3. The van der Waals surface area contributed by atoms with Gasteiger partial charge in [0.2, 0.25) is 0 Å². The molecule has 0 amide bonds. The molecule has 2 rings (SSSR count). The number of halogens is 3. The molecule has 106 valence electrons. The van der Waals surface area contributed by atoms with Gasteiger partial charge in [-0.3, -0.25) is 0 Å². The molecule has 19 heavy (non-hydrogen) atoms. The van der Waals surface area contributed by atoms with E-state index in [-0.39, 0.29) is 17.1 Å². The molecule has 0 N–H and O–H groups in total. The van der Waals surface area contributed by atoms with Gasteiger partial charge >= 0.3 is 0 Å². The lowest BCUT2D eigenvalue weighted by Crippen LogP contribution is -2.29. The minimum Gasteiger partial charge on any atom is -0.367 e. The van der Waals surface area contributed by atoms with Crippen molar-refractivity contribution >= 4 is 11.6 Å². The van der Waals surface area contributed by atoms with E-state index in [1.165, 1.54) is 6.20 Å². The third kappa shape index (κ3) is 2.87. The lowest BCUT2D eigenvalue weighted by atomic mass is 10.0. The first kappa shape index (κ1) is 14.6. The highest BCUT2D eigenvalue weighted by Gasteiger charge is 2.39. The van der Waals surface area contributed by atoms with Gasteiger partial charge in [0.15, 0.2) is 5.82 Å². The van der Waals surface area contributed by atoms with E-state index in [1.807, 2.05) is 6.92 Å². The van der Waals surface area contributed by atoms with Crippen LogP contribution in [0.1, 0.15) is 56.1 Å². The van der Waals surface area contributed by atoms with Gasteiger partial charge in [-0.1, -0.05) is 0 Å². The average molecular weight is 291 g/mol. The monoisotopic (exact) mass is 290 g/mol. The van der Waals surface area contributed by atoms with Gasteiger partial charge in [-0.2, -0.15) is 0 Å². The zero-order chi connectivity index (χ0) is 13.9. The number of aromatic nitrogens is 2. The molecule has 0 saturated heterocycles. The molecular weight excluding hydrogens is 274 g/mol. The zero-order valence-corrected chi connectivity index (χ0v) is 11.6. The molecule has 6 heteroatoms. The van der Waals surface area contributed by atoms with Crippen LogP contribution in [0.3, 0.4) is 0 Å². The molecule has 0 aliphatic heterocycles. The first-order valence-corrected chi connectivity index (χ1v) is 7.01. The lowest BCUT2D eigenvalue weighted by Gasteiger charge is -2.27. The molecule has 1 aromatic heterocycles. The normalized spacial score (nSPS) is 18.2. The van der Waals surface area contributed by atoms with E-state index >= 15 is 0 Å². The van der Waals surface area contributed by atoms with Crippen LogP contribution >= 0.6 is 11.6 Å². The summed E-state index contributed by atoms with van der Waals surface area (Å²) >= 11 is 5.64. The maximum Gasteiger partial charge on any atom is 0.280 e. The van der Waals surface area contributed by atoms with Crippen molar-refractivity contribution in [2.24, 2.45) is 0 Å². The Morgan fingerprint density at radius 1 is 1.42 bits per heavy atom. The van der Waals surface area contributed by atoms with Gasteiger partial charge in [0, 0.05) is 18.4 Å². The highest BCUT2D eigenvalue weighted by Crippen LogP contribution is 2.41. The summed E-state index contributed by atoms with van der Waals surface area (Å²) in [6, 6.07) is 0. The second-order valence-corrected chi connectivity index (χ2v) is 4.94. The number of hydrogen-bond donors (Lipinski definition) is 0. The Morgan fingerprint density at radius 3 is 2.63 bits per heavy atom. The fourth-order valence-corrected chi connectivity index (χ4v) is 2.79. The number of rotatable bonds is 5. The van der Waals surface area contributed by atoms with Crippen LogP contribution in [0.4, 0.5) is 8.78 Å². The third-order valence-corrected chi connectivity index (χ3v) is 3.78. The van der Waals surface area contributed by atoms with E-state index in [2.05, 4.69) is 9.97 Å². The van der Waals surface area contributed by atoms with Crippen LogP contribution in [0.5, 0.6) is 0 Å². The summed E-state index contributed by atoms with van der Waals surface area (Å²) in [5.41, 5.74) is -0.584. The largest absolute Gasteiger partial charge is 0.367 e. The van der Waals surface area contributed by atoms with Crippen LogP contribution in [-0.2, 0) is 16.2 Å². The van der Waals surface area contributed by atoms with Crippen molar-refractivity contribution in [2.45, 2.75) is 50.5 Å². The molecule has 3 nitrogen and oxygen atoms in total. The molecule has 1 aromatic rings. The Kier molecular flexibility index (Phi) is 4.68. The van der Waals surface area contributed by atoms with Gasteiger partial charge in [0.25, 0.3) is 6.43 Å². The highest BCUT2D eigenvalue weighted by atomic mass is 35.5. The topological polar surface area (TPSA) is 35.0 Å². The maximum atomic E-state index is 13.0. The molecule has 0 atom stereocenters. The number of alkyl halides is 3. The summed E-state index contributed by atoms with van der Waals surface area (Å²) in [4.78, 5) is 8.26. The smallest absolute Gasteiger partial charge is 0.280 e. The van der Waals surface area contributed by atoms with Crippen LogP contribution in [0, 0.1) is 0 Å². The minimum absolute atomic E-state index is 0.0123. The molecule has 0 spiro atoms. The predicted molar refractivity (Wildman–Crippen MR) is 68.3 cm³/mol. The lowest BCUT2D eigenvalue weighted by molar-refractivity contribution is -0.0462. The second kappa shape index (κ2) is 6.09. The standard InChI is InChI=1S/C13H17ClF2N2O/c1-2-19-13(5-3-4-6-13)12-17-8-9(7-14)10(18-12)11(15)16/h8,11H,2-7H2,1H3. The van der Waals surface area contributed by atoms with Crippen molar-refractivity contribution in [1.29, 1.82) is 0 Å². The molecule has 0 bridgehead atoms. The highest BCUT2D eigenvalue weighted by molar-refractivity contribution is 6.17. The average Bonchev–Trinajstić information content (AvgIpc) is 2.88. The first-order chi connectivity index (χ1) is 9.13. The summed E-state index contributed by atoms with van der Waals surface area (Å²) in [7, 11) is 0. The second-order valence-electron chi connectivity index (χ2n) is 4.67. The molecule has 1 saturated carbocycles. The van der Waals surface area contributed by atoms with Gasteiger partial charge in [-0.05, 0) is 32.6 Å². The maximum absolute atomic E-state index is 13.0. The van der Waals surface area contributed by atoms with Crippen molar-refractivity contribution < 1.29 is 13.5 Å². The Bertz CT molecular complexity index is 437. The number of nitrogens with zero attached hydrogens (tertiary/aromatic N) is 2. The predicted octanol–water partition coefficient (Wildman–Crippen LogP) is 3.96. The van der Waals surface area contributed by atoms with Crippen molar-refractivity contribution in [2.75, 3.05) is 6.61 Å². The Morgan fingerprint density at radius 2 is 2.11 bits per heavy atom. The van der Waals surface area contributed by atoms with E-state index in [0.717, 1.165) is 25.7 Å². The molecule has 1 aliphatic rings. The van der Waals surface area contributed by atoms with Crippen LogP contribution in [0.25, 0.3) is 0 Å². The van der Waals surface area contributed by atoms with Crippen molar-refractivity contribution in [3.63, 3.8) is 0 Å². The van der Waals surface area contributed by atoms with Crippen LogP contribution in [-0.4, -0.2) is 16.6 Å². The van der Waals surface area contributed by atoms with Crippen molar-refractivity contribution in [3.05, 3.63) is 23.3 Å². The molecule has 1 heterocycles. The summed E-state index contributed by atoms with van der Waals surface area (Å²) in [6.45, 7) is 2.41. The summed E-state index contributed by atoms with van der Waals surface area (Å²) in [6.07, 6.45) is 2.33. The van der Waals surface area contributed by atoms with Crippen molar-refractivity contribution in [3.8, 4) is 0 Å². The first-order valence-electron chi connectivity index (χ1n) is 6.47. The van der Waals surface area contributed by atoms with E-state index in [4.69, 9.17) is 16.3 Å². The molecular formula is C13H17ClF2N2O. The molecule has 1 aliphatic carbocycles. The van der Waals surface area contributed by atoms with Crippen LogP contribution < -0.4 is 0 Å². The Labute approximate surface area is 116 Å². The van der Waals surface area contributed by atoms with Gasteiger partial charge in [-0.15, -0.1) is 11.6 Å².